The van der Waals surface area contributed by atoms with Gasteiger partial charge in [0.15, 0.2) is 5.82 Å². The molecular weight excluding hydrogens is 601 g/mol. The van der Waals surface area contributed by atoms with Gasteiger partial charge < -0.3 is 20.5 Å². The van der Waals surface area contributed by atoms with Crippen LogP contribution in [0, 0.1) is 23.0 Å². The molecule has 43 heavy (non-hydrogen) atoms. The van der Waals surface area contributed by atoms with Crippen LogP contribution in [0.5, 0.6) is 11.9 Å². The number of ether oxygens (including phenoxy) is 2. The van der Waals surface area contributed by atoms with E-state index in [1.807, 2.05) is 13.0 Å². The van der Waals surface area contributed by atoms with E-state index < -0.39 is 23.3 Å². The minimum absolute atomic E-state index is 0.00622. The predicted molar refractivity (Wildman–Crippen MR) is 159 cm³/mol. The Labute approximate surface area is 254 Å². The first-order valence-corrected chi connectivity index (χ1v) is 15.4. The number of rotatable bonds is 6. The summed E-state index contributed by atoms with van der Waals surface area (Å²) in [7, 11) is 0. The summed E-state index contributed by atoms with van der Waals surface area (Å²) < 4.78 is 58.3. The van der Waals surface area contributed by atoms with Crippen LogP contribution >= 0.6 is 22.9 Å². The Morgan fingerprint density at radius 1 is 1.33 bits per heavy atom. The van der Waals surface area contributed by atoms with Crippen molar-refractivity contribution in [2.45, 2.75) is 56.5 Å². The topological polar surface area (TPSA) is 109 Å². The summed E-state index contributed by atoms with van der Waals surface area (Å²) in [5, 5.41) is 13.7. The number of nitrogen functional groups attached to an aromatic ring is 1. The van der Waals surface area contributed by atoms with Crippen molar-refractivity contribution in [3.05, 3.63) is 40.4 Å². The zero-order valence-corrected chi connectivity index (χ0v) is 24.8. The molecule has 3 saturated heterocycles. The van der Waals surface area contributed by atoms with E-state index in [1.165, 1.54) is 18.2 Å². The van der Waals surface area contributed by atoms with E-state index in [0.717, 1.165) is 43.7 Å². The maximum atomic E-state index is 16.7. The van der Waals surface area contributed by atoms with Gasteiger partial charge in [-0.1, -0.05) is 17.7 Å². The smallest absolute Gasteiger partial charge is 0.320 e. The number of nitrogens with two attached hydrogens (primary N) is 1. The molecule has 4 aromatic rings. The average molecular weight is 629 g/mol. The van der Waals surface area contributed by atoms with Crippen LogP contribution in [-0.2, 0) is 0 Å². The summed E-state index contributed by atoms with van der Waals surface area (Å²) in [6, 6.07) is 6.03. The van der Waals surface area contributed by atoms with Crippen molar-refractivity contribution in [2.75, 3.05) is 32.0 Å². The lowest BCUT2D eigenvalue weighted by Crippen LogP contribution is -2.43. The van der Waals surface area contributed by atoms with Gasteiger partial charge in [-0.05, 0) is 57.0 Å². The fourth-order valence-electron chi connectivity index (χ4n) is 6.85. The Morgan fingerprint density at radius 2 is 2.16 bits per heavy atom. The summed E-state index contributed by atoms with van der Waals surface area (Å²) in [5.74, 6) is -1.26. The van der Waals surface area contributed by atoms with Gasteiger partial charge in [0.1, 0.15) is 41.3 Å². The Bertz CT molecular complexity index is 1820. The summed E-state index contributed by atoms with van der Waals surface area (Å²) in [6.07, 6.45) is 1.63. The van der Waals surface area contributed by atoms with E-state index in [4.69, 9.17) is 26.8 Å². The van der Waals surface area contributed by atoms with Gasteiger partial charge in [-0.25, -0.2) is 13.2 Å². The number of fused-ring (bicyclic) bond motifs is 3. The average Bonchev–Trinajstić information content (AvgIpc) is 3.72. The largest absolute Gasteiger partial charge is 0.472 e. The zero-order chi connectivity index (χ0) is 30.0. The number of nitrogens with one attached hydrogen (secondary N) is 1. The number of anilines is 1. The van der Waals surface area contributed by atoms with Crippen LogP contribution in [0.1, 0.15) is 38.2 Å². The highest BCUT2D eigenvalue weighted by Crippen LogP contribution is 2.46. The van der Waals surface area contributed by atoms with Crippen LogP contribution in [0.4, 0.5) is 18.2 Å². The SMILES string of the molecule is CC1NCCC1Oc1nc(OCC23CCCN2CC(F)C3)nc2c(F)c(-c3ccc(F)c4sc(N)c(C#N)c34)c(Cl)cc12. The fraction of sp³-hybridized carbons (Fsp3) is 0.433. The van der Waals surface area contributed by atoms with Gasteiger partial charge in [0.2, 0.25) is 5.88 Å². The third kappa shape index (κ3) is 4.65. The maximum absolute atomic E-state index is 16.7. The Kier molecular flexibility index (Phi) is 7.04. The van der Waals surface area contributed by atoms with Crippen LogP contribution in [0.15, 0.2) is 18.2 Å². The molecule has 0 radical (unpaired) electrons. The molecule has 2 aromatic heterocycles. The van der Waals surface area contributed by atoms with Crippen molar-refractivity contribution in [2.24, 2.45) is 0 Å². The molecule has 0 bridgehead atoms. The van der Waals surface area contributed by atoms with Gasteiger partial charge in [0, 0.05) is 30.0 Å². The minimum Gasteiger partial charge on any atom is -0.472 e. The molecule has 4 atom stereocenters. The first kappa shape index (κ1) is 28.4. The number of thiophene rings is 1. The number of benzene rings is 2. The molecule has 2 aromatic carbocycles. The molecule has 0 spiro atoms. The third-order valence-electron chi connectivity index (χ3n) is 8.97. The highest BCUT2D eigenvalue weighted by molar-refractivity contribution is 7.23. The van der Waals surface area contributed by atoms with Crippen LogP contribution in [-0.4, -0.2) is 65.0 Å². The van der Waals surface area contributed by atoms with Crippen molar-refractivity contribution in [1.82, 2.24) is 20.2 Å². The van der Waals surface area contributed by atoms with E-state index in [0.29, 0.717) is 13.0 Å². The van der Waals surface area contributed by atoms with Crippen molar-refractivity contribution in [3.63, 3.8) is 0 Å². The van der Waals surface area contributed by atoms with Crippen LogP contribution in [0.25, 0.3) is 32.1 Å². The zero-order valence-electron chi connectivity index (χ0n) is 23.2. The van der Waals surface area contributed by atoms with E-state index in [9.17, 15) is 14.0 Å². The number of nitrogens with zero attached hydrogens (tertiary/aromatic N) is 4. The second-order valence-corrected chi connectivity index (χ2v) is 13.0. The van der Waals surface area contributed by atoms with E-state index in [1.54, 1.807) is 0 Å². The molecule has 3 aliphatic heterocycles. The van der Waals surface area contributed by atoms with E-state index >= 15 is 4.39 Å². The fourth-order valence-corrected chi connectivity index (χ4v) is 8.09. The standard InChI is InChI=1S/C30H28ClF3N6O2S/c1-14-21(5-7-37-14)42-28-17-9-19(31)23(16-3-4-20(33)26-22(16)18(11-35)27(36)43-26)24(34)25(17)38-29(39-28)41-13-30-6-2-8-40(30)12-15(32)10-30/h3-4,9,14-15,21,37H,2,5-8,10,12-13,36H2,1H3. The number of alkyl halides is 1. The van der Waals surface area contributed by atoms with Crippen molar-refractivity contribution in [1.29, 1.82) is 5.26 Å². The minimum atomic E-state index is -0.934. The third-order valence-corrected chi connectivity index (χ3v) is 10.3. The molecule has 4 unspecified atom stereocenters. The first-order chi connectivity index (χ1) is 20.7. The van der Waals surface area contributed by atoms with E-state index in [-0.39, 0.29) is 78.3 Å². The van der Waals surface area contributed by atoms with Crippen LogP contribution < -0.4 is 20.5 Å². The second-order valence-electron chi connectivity index (χ2n) is 11.6. The Morgan fingerprint density at radius 3 is 2.93 bits per heavy atom. The van der Waals surface area contributed by atoms with Crippen molar-refractivity contribution in [3.8, 4) is 29.1 Å². The molecule has 7 rings (SSSR count). The van der Waals surface area contributed by atoms with Gasteiger partial charge in [-0.2, -0.15) is 15.2 Å². The highest BCUT2D eigenvalue weighted by Gasteiger charge is 2.49. The summed E-state index contributed by atoms with van der Waals surface area (Å²) >= 11 is 7.64. The van der Waals surface area contributed by atoms with Gasteiger partial charge in [0.05, 0.1) is 26.2 Å². The summed E-state index contributed by atoms with van der Waals surface area (Å²) in [4.78, 5) is 11.1. The molecule has 224 valence electrons. The summed E-state index contributed by atoms with van der Waals surface area (Å²) in [5.41, 5.74) is 5.66. The van der Waals surface area contributed by atoms with E-state index in [2.05, 4.69) is 20.2 Å². The molecular formula is C30H28ClF3N6O2S. The van der Waals surface area contributed by atoms with Gasteiger partial charge in [0.25, 0.3) is 0 Å². The first-order valence-electron chi connectivity index (χ1n) is 14.2. The number of aromatic nitrogens is 2. The molecule has 0 amide bonds. The normalized spacial score (nSPS) is 25.4. The second kappa shape index (κ2) is 10.7. The number of hydrogen-bond donors (Lipinski definition) is 2. The lowest BCUT2D eigenvalue weighted by Gasteiger charge is -2.30. The Balaban J connectivity index is 1.37. The van der Waals surface area contributed by atoms with Gasteiger partial charge in [-0.3, -0.25) is 4.90 Å². The summed E-state index contributed by atoms with van der Waals surface area (Å²) in [6.45, 7) is 4.06. The number of hydrogen-bond acceptors (Lipinski definition) is 9. The molecule has 3 fully saturated rings. The quantitative estimate of drug-likeness (QED) is 0.268. The van der Waals surface area contributed by atoms with Crippen LogP contribution in [0.3, 0.4) is 0 Å². The number of nitriles is 1. The van der Waals surface area contributed by atoms with Crippen LogP contribution in [0.2, 0.25) is 5.02 Å². The highest BCUT2D eigenvalue weighted by atomic mass is 35.5. The number of halogens is 4. The predicted octanol–water partition coefficient (Wildman–Crippen LogP) is 5.98. The van der Waals surface area contributed by atoms with Crippen molar-refractivity contribution >= 4 is 48.9 Å². The molecule has 3 aliphatic rings. The lowest BCUT2D eigenvalue weighted by atomic mass is 9.95. The van der Waals surface area contributed by atoms with Gasteiger partial charge in [-0.15, -0.1) is 11.3 Å². The molecule has 8 nitrogen and oxygen atoms in total. The van der Waals surface area contributed by atoms with Crippen molar-refractivity contribution < 1.29 is 22.6 Å². The molecule has 0 aliphatic carbocycles. The molecule has 3 N–H and O–H groups in total. The molecule has 0 saturated carbocycles. The molecule has 13 heteroatoms. The lowest BCUT2D eigenvalue weighted by molar-refractivity contribution is 0.106. The monoisotopic (exact) mass is 628 g/mol. The maximum Gasteiger partial charge on any atom is 0.320 e. The Hall–Kier alpha value is -3.37. The van der Waals surface area contributed by atoms with Gasteiger partial charge >= 0.3 is 6.01 Å². The molecule has 5 heterocycles.